The highest BCUT2D eigenvalue weighted by atomic mass is 79.9. The van der Waals surface area contributed by atoms with Crippen LogP contribution in [0.2, 0.25) is 0 Å². The Morgan fingerprint density at radius 3 is 2.79 bits per heavy atom. The largest absolute Gasteiger partial charge is 0.352 e. The van der Waals surface area contributed by atoms with Crippen molar-refractivity contribution >= 4 is 21.7 Å². The molecule has 0 spiro atoms. The second-order valence-corrected chi connectivity index (χ2v) is 6.00. The molecule has 0 radical (unpaired) electrons. The molecule has 1 aliphatic heterocycles. The van der Waals surface area contributed by atoms with Crippen molar-refractivity contribution < 1.29 is 0 Å². The fourth-order valence-electron chi connectivity index (χ4n) is 2.75. The molecule has 1 aromatic carbocycles. The zero-order valence-electron chi connectivity index (χ0n) is 11.1. The van der Waals surface area contributed by atoms with E-state index < -0.39 is 0 Å². The minimum absolute atomic E-state index is 0.964. The second kappa shape index (κ2) is 5.33. The number of fused-ring (bicyclic) bond motifs is 1. The van der Waals surface area contributed by atoms with E-state index in [9.17, 15) is 0 Å². The van der Waals surface area contributed by atoms with Gasteiger partial charge >= 0.3 is 0 Å². The maximum absolute atomic E-state index is 4.60. The normalized spacial score (nSPS) is 14.9. The Morgan fingerprint density at radius 2 is 2.00 bits per heavy atom. The monoisotopic (exact) mass is 316 g/mol. The summed E-state index contributed by atoms with van der Waals surface area (Å²) in [6, 6.07) is 10.9. The first-order valence-electron chi connectivity index (χ1n) is 6.68. The number of anilines is 1. The number of aryl methyl sites for hydroxylation is 2. The van der Waals surface area contributed by atoms with Crippen molar-refractivity contribution in [1.29, 1.82) is 0 Å². The molecule has 98 valence electrons. The predicted octanol–water partition coefficient (Wildman–Crippen LogP) is 4.11. The molecular formula is C16H17BrN2. The van der Waals surface area contributed by atoms with Gasteiger partial charge in [-0.05, 0) is 58.5 Å². The molecule has 1 aliphatic rings. The van der Waals surface area contributed by atoms with E-state index in [-0.39, 0.29) is 0 Å². The fourth-order valence-corrected chi connectivity index (χ4v) is 3.19. The number of benzene rings is 1. The minimum Gasteiger partial charge on any atom is -0.352 e. The summed E-state index contributed by atoms with van der Waals surface area (Å²) >= 11 is 3.48. The SMILES string of the molecule is Cc1cc(Br)cnc1N1CCCc2ccccc2C1. The highest BCUT2D eigenvalue weighted by molar-refractivity contribution is 9.10. The van der Waals surface area contributed by atoms with Gasteiger partial charge < -0.3 is 4.90 Å². The maximum Gasteiger partial charge on any atom is 0.131 e. The molecule has 0 aliphatic carbocycles. The Hall–Kier alpha value is -1.35. The fraction of sp³-hybridized carbons (Fsp3) is 0.312. The van der Waals surface area contributed by atoms with Gasteiger partial charge in [-0.2, -0.15) is 0 Å². The van der Waals surface area contributed by atoms with Crippen LogP contribution in [0, 0.1) is 6.92 Å². The number of nitrogens with zero attached hydrogens (tertiary/aromatic N) is 2. The molecule has 0 saturated carbocycles. The van der Waals surface area contributed by atoms with Gasteiger partial charge in [-0.1, -0.05) is 24.3 Å². The Bertz CT molecular complexity index is 595. The van der Waals surface area contributed by atoms with E-state index in [4.69, 9.17) is 0 Å². The Labute approximate surface area is 122 Å². The molecule has 0 amide bonds. The summed E-state index contributed by atoms with van der Waals surface area (Å²) < 4.78 is 1.05. The van der Waals surface area contributed by atoms with Gasteiger partial charge in [0.15, 0.2) is 0 Å². The molecule has 2 heterocycles. The zero-order chi connectivity index (χ0) is 13.2. The Morgan fingerprint density at radius 1 is 1.21 bits per heavy atom. The van der Waals surface area contributed by atoms with Gasteiger partial charge in [0.25, 0.3) is 0 Å². The standard InChI is InChI=1S/C16H17BrN2/c1-12-9-15(17)10-18-16(12)19-8-4-7-13-5-2-3-6-14(13)11-19/h2-3,5-6,9-10H,4,7-8,11H2,1H3. The van der Waals surface area contributed by atoms with Crippen LogP contribution in [0.3, 0.4) is 0 Å². The lowest BCUT2D eigenvalue weighted by Crippen LogP contribution is -2.24. The van der Waals surface area contributed by atoms with Crippen molar-refractivity contribution in [2.24, 2.45) is 0 Å². The first kappa shape index (κ1) is 12.7. The van der Waals surface area contributed by atoms with Gasteiger partial charge in [-0.3, -0.25) is 0 Å². The van der Waals surface area contributed by atoms with E-state index in [2.05, 4.69) is 63.1 Å². The van der Waals surface area contributed by atoms with Gasteiger partial charge in [-0.15, -0.1) is 0 Å². The third kappa shape index (κ3) is 2.66. The quantitative estimate of drug-likeness (QED) is 0.787. The Balaban J connectivity index is 1.94. The molecule has 0 atom stereocenters. The lowest BCUT2D eigenvalue weighted by atomic mass is 10.0. The highest BCUT2D eigenvalue weighted by Gasteiger charge is 2.16. The smallest absolute Gasteiger partial charge is 0.131 e. The first-order valence-corrected chi connectivity index (χ1v) is 7.47. The summed E-state index contributed by atoms with van der Waals surface area (Å²) in [6.45, 7) is 4.17. The van der Waals surface area contributed by atoms with E-state index in [1.807, 2.05) is 6.20 Å². The number of pyridine rings is 1. The number of halogens is 1. The van der Waals surface area contributed by atoms with Crippen molar-refractivity contribution in [2.75, 3.05) is 11.4 Å². The summed E-state index contributed by atoms with van der Waals surface area (Å²) in [5.41, 5.74) is 4.15. The van der Waals surface area contributed by atoms with Crippen LogP contribution in [0.4, 0.5) is 5.82 Å². The molecule has 3 heteroatoms. The molecule has 0 N–H and O–H groups in total. The molecular weight excluding hydrogens is 300 g/mol. The van der Waals surface area contributed by atoms with E-state index >= 15 is 0 Å². The lowest BCUT2D eigenvalue weighted by Gasteiger charge is -2.23. The van der Waals surface area contributed by atoms with E-state index in [0.29, 0.717) is 0 Å². The topological polar surface area (TPSA) is 16.1 Å². The molecule has 0 saturated heterocycles. The summed E-state index contributed by atoms with van der Waals surface area (Å²) in [4.78, 5) is 6.99. The summed E-state index contributed by atoms with van der Waals surface area (Å²) in [5.74, 6) is 1.11. The van der Waals surface area contributed by atoms with Gasteiger partial charge in [0.05, 0.1) is 0 Å². The van der Waals surface area contributed by atoms with Crippen LogP contribution >= 0.6 is 15.9 Å². The van der Waals surface area contributed by atoms with Crippen LogP contribution in [0.1, 0.15) is 23.1 Å². The van der Waals surface area contributed by atoms with Crippen molar-refractivity contribution in [3.05, 3.63) is 57.7 Å². The third-order valence-corrected chi connectivity index (χ3v) is 4.10. The number of hydrogen-bond acceptors (Lipinski definition) is 2. The molecule has 0 fully saturated rings. The van der Waals surface area contributed by atoms with Crippen LogP contribution in [-0.4, -0.2) is 11.5 Å². The van der Waals surface area contributed by atoms with Gasteiger partial charge in [0.1, 0.15) is 5.82 Å². The number of rotatable bonds is 1. The van der Waals surface area contributed by atoms with Crippen LogP contribution in [0.15, 0.2) is 41.0 Å². The number of aromatic nitrogens is 1. The average molecular weight is 317 g/mol. The number of hydrogen-bond donors (Lipinski definition) is 0. The molecule has 0 unspecified atom stereocenters. The summed E-state index contributed by atoms with van der Waals surface area (Å²) in [5, 5.41) is 0. The van der Waals surface area contributed by atoms with Crippen molar-refractivity contribution in [2.45, 2.75) is 26.3 Å². The van der Waals surface area contributed by atoms with Crippen LogP contribution in [0.25, 0.3) is 0 Å². The summed E-state index contributed by atoms with van der Waals surface area (Å²) in [6.07, 6.45) is 4.25. The average Bonchev–Trinajstić information content (AvgIpc) is 2.60. The lowest BCUT2D eigenvalue weighted by molar-refractivity contribution is 0.751. The van der Waals surface area contributed by atoms with Crippen LogP contribution < -0.4 is 4.90 Å². The van der Waals surface area contributed by atoms with Crippen LogP contribution in [0.5, 0.6) is 0 Å². The third-order valence-electron chi connectivity index (χ3n) is 3.67. The van der Waals surface area contributed by atoms with E-state index in [1.165, 1.54) is 29.5 Å². The van der Waals surface area contributed by atoms with Gasteiger partial charge in [0, 0.05) is 23.8 Å². The second-order valence-electron chi connectivity index (χ2n) is 5.09. The molecule has 0 bridgehead atoms. The van der Waals surface area contributed by atoms with Crippen LogP contribution in [-0.2, 0) is 13.0 Å². The van der Waals surface area contributed by atoms with Crippen molar-refractivity contribution in [3.8, 4) is 0 Å². The van der Waals surface area contributed by atoms with Gasteiger partial charge in [0.2, 0.25) is 0 Å². The van der Waals surface area contributed by atoms with Crippen molar-refractivity contribution in [1.82, 2.24) is 4.98 Å². The van der Waals surface area contributed by atoms with E-state index in [1.54, 1.807) is 0 Å². The minimum atomic E-state index is 0.964. The van der Waals surface area contributed by atoms with E-state index in [0.717, 1.165) is 23.4 Å². The Kier molecular flexibility index (Phi) is 3.56. The zero-order valence-corrected chi connectivity index (χ0v) is 12.7. The van der Waals surface area contributed by atoms with Crippen molar-refractivity contribution in [3.63, 3.8) is 0 Å². The molecule has 19 heavy (non-hydrogen) atoms. The molecule has 3 rings (SSSR count). The van der Waals surface area contributed by atoms with Gasteiger partial charge in [-0.25, -0.2) is 4.98 Å². The highest BCUT2D eigenvalue weighted by Crippen LogP contribution is 2.26. The first-order chi connectivity index (χ1) is 9.24. The summed E-state index contributed by atoms with van der Waals surface area (Å²) in [7, 11) is 0. The molecule has 1 aromatic heterocycles. The predicted molar refractivity (Wildman–Crippen MR) is 82.5 cm³/mol. The maximum atomic E-state index is 4.60. The molecule has 2 nitrogen and oxygen atoms in total. The molecule has 2 aromatic rings.